The third kappa shape index (κ3) is 4.32. The second-order valence-electron chi connectivity index (χ2n) is 6.32. The largest absolute Gasteiger partial charge is 0.416 e. The van der Waals surface area contributed by atoms with Crippen molar-refractivity contribution in [2.75, 3.05) is 0 Å². The van der Waals surface area contributed by atoms with Gasteiger partial charge in [-0.05, 0) is 35.7 Å². The molecule has 1 amide bonds. The van der Waals surface area contributed by atoms with Crippen LogP contribution in [0.3, 0.4) is 0 Å². The van der Waals surface area contributed by atoms with Crippen molar-refractivity contribution in [3.63, 3.8) is 0 Å². The van der Waals surface area contributed by atoms with Crippen molar-refractivity contribution in [3.8, 4) is 0 Å². The minimum Gasteiger partial charge on any atom is -0.416 e. The molecule has 2 aromatic carbocycles. The number of hydrogen-bond donors (Lipinski definition) is 1. The number of benzene rings is 2. The number of nitrogens with one attached hydrogen (secondary N) is 1. The summed E-state index contributed by atoms with van der Waals surface area (Å²) in [5, 5.41) is 11.3. The summed E-state index contributed by atoms with van der Waals surface area (Å²) in [5.74, 6) is 0.541. The molecule has 3 aromatic rings. The third-order valence-electron chi connectivity index (χ3n) is 4.13. The minimum atomic E-state index is -0.401. The Labute approximate surface area is 156 Å². The van der Waals surface area contributed by atoms with Gasteiger partial charge in [0.2, 0.25) is 11.8 Å². The Morgan fingerprint density at radius 1 is 1.08 bits per heavy atom. The molecular formula is C20H19N3O2S. The highest BCUT2D eigenvalue weighted by atomic mass is 32.2. The van der Waals surface area contributed by atoms with E-state index in [1.807, 2.05) is 60.7 Å². The van der Waals surface area contributed by atoms with Crippen molar-refractivity contribution < 1.29 is 9.21 Å². The molecule has 132 valence electrons. The lowest BCUT2D eigenvalue weighted by Crippen LogP contribution is -2.29. The number of carbonyl (C=O) groups excluding carboxylic acids is 1. The predicted molar refractivity (Wildman–Crippen MR) is 99.8 cm³/mol. The van der Waals surface area contributed by atoms with E-state index in [9.17, 15) is 4.79 Å². The summed E-state index contributed by atoms with van der Waals surface area (Å²) in [5.41, 5.74) is 2.04. The maximum atomic E-state index is 12.7. The average Bonchev–Trinajstić information content (AvgIpc) is 3.38. The van der Waals surface area contributed by atoms with Gasteiger partial charge in [0.25, 0.3) is 5.22 Å². The van der Waals surface area contributed by atoms with Gasteiger partial charge in [0, 0.05) is 6.04 Å². The molecule has 1 saturated carbocycles. The molecule has 0 saturated heterocycles. The SMILES string of the molecule is O=C(NC1CC1)[C@H](Sc1nnc(Cc2ccccc2)o1)c1ccccc1. The van der Waals surface area contributed by atoms with E-state index in [0.717, 1.165) is 24.0 Å². The molecule has 1 heterocycles. The van der Waals surface area contributed by atoms with Gasteiger partial charge in [0.15, 0.2) is 0 Å². The Balaban J connectivity index is 1.49. The van der Waals surface area contributed by atoms with Crippen LogP contribution in [0.5, 0.6) is 0 Å². The van der Waals surface area contributed by atoms with Crippen LogP contribution >= 0.6 is 11.8 Å². The molecule has 1 aliphatic carbocycles. The Hall–Kier alpha value is -2.60. The first-order chi connectivity index (χ1) is 12.8. The quantitative estimate of drug-likeness (QED) is 0.646. The molecule has 0 unspecified atom stereocenters. The normalized spacial score (nSPS) is 14.8. The zero-order valence-electron chi connectivity index (χ0n) is 14.2. The fraction of sp³-hybridized carbons (Fsp3) is 0.250. The van der Waals surface area contributed by atoms with Gasteiger partial charge in [0.1, 0.15) is 5.25 Å². The van der Waals surface area contributed by atoms with Crippen molar-refractivity contribution in [1.29, 1.82) is 0 Å². The molecule has 1 N–H and O–H groups in total. The summed E-state index contributed by atoms with van der Waals surface area (Å²) >= 11 is 1.30. The Morgan fingerprint density at radius 3 is 2.46 bits per heavy atom. The summed E-state index contributed by atoms with van der Waals surface area (Å²) in [6.45, 7) is 0. The first-order valence-corrected chi connectivity index (χ1v) is 9.54. The summed E-state index contributed by atoms with van der Waals surface area (Å²) in [6, 6.07) is 20.0. The smallest absolute Gasteiger partial charge is 0.277 e. The molecule has 1 aromatic heterocycles. The molecule has 0 bridgehead atoms. The topological polar surface area (TPSA) is 68.0 Å². The van der Waals surface area contributed by atoms with E-state index in [1.165, 1.54) is 11.8 Å². The number of thioether (sulfide) groups is 1. The fourth-order valence-electron chi connectivity index (χ4n) is 2.63. The molecule has 26 heavy (non-hydrogen) atoms. The molecule has 5 nitrogen and oxygen atoms in total. The highest BCUT2D eigenvalue weighted by Gasteiger charge is 2.30. The standard InChI is InChI=1S/C20H19N3O2S/c24-19(21-16-11-12-16)18(15-9-5-2-6-10-15)26-20-23-22-17(25-20)13-14-7-3-1-4-8-14/h1-10,16,18H,11-13H2,(H,21,24)/t18-/m1/s1. The van der Waals surface area contributed by atoms with E-state index >= 15 is 0 Å². The zero-order valence-corrected chi connectivity index (χ0v) is 15.0. The van der Waals surface area contributed by atoms with E-state index in [-0.39, 0.29) is 5.91 Å². The van der Waals surface area contributed by atoms with Gasteiger partial charge in [-0.25, -0.2) is 0 Å². The van der Waals surface area contributed by atoms with Crippen molar-refractivity contribution >= 4 is 17.7 Å². The second kappa shape index (κ2) is 7.74. The molecule has 4 rings (SSSR count). The molecule has 0 aliphatic heterocycles. The summed E-state index contributed by atoms with van der Waals surface area (Å²) in [6.07, 6.45) is 2.69. The van der Waals surface area contributed by atoms with Crippen molar-refractivity contribution in [2.24, 2.45) is 0 Å². The Morgan fingerprint density at radius 2 is 1.77 bits per heavy atom. The lowest BCUT2D eigenvalue weighted by Gasteiger charge is -2.14. The van der Waals surface area contributed by atoms with Gasteiger partial charge in [-0.3, -0.25) is 4.79 Å². The summed E-state index contributed by atoms with van der Waals surface area (Å²) in [7, 11) is 0. The van der Waals surface area contributed by atoms with Gasteiger partial charge >= 0.3 is 0 Å². The lowest BCUT2D eigenvalue weighted by atomic mass is 10.1. The number of aromatic nitrogens is 2. The number of rotatable bonds is 7. The Kier molecular flexibility index (Phi) is 5.02. The molecular weight excluding hydrogens is 346 g/mol. The van der Waals surface area contributed by atoms with Gasteiger partial charge < -0.3 is 9.73 Å². The van der Waals surface area contributed by atoms with Crippen LogP contribution < -0.4 is 5.32 Å². The maximum Gasteiger partial charge on any atom is 0.277 e. The highest BCUT2D eigenvalue weighted by Crippen LogP contribution is 2.35. The summed E-state index contributed by atoms with van der Waals surface area (Å²) < 4.78 is 5.77. The first-order valence-electron chi connectivity index (χ1n) is 8.66. The van der Waals surface area contributed by atoms with E-state index in [2.05, 4.69) is 15.5 Å². The van der Waals surface area contributed by atoms with Gasteiger partial charge in [-0.15, -0.1) is 10.2 Å². The second-order valence-corrected chi connectivity index (χ2v) is 7.37. The number of hydrogen-bond acceptors (Lipinski definition) is 5. The van der Waals surface area contributed by atoms with Gasteiger partial charge in [-0.1, -0.05) is 60.7 Å². The van der Waals surface area contributed by atoms with Crippen LogP contribution in [0.25, 0.3) is 0 Å². The monoisotopic (exact) mass is 365 g/mol. The van der Waals surface area contributed by atoms with E-state index in [4.69, 9.17) is 4.42 Å². The number of amides is 1. The Bertz CT molecular complexity index is 863. The number of nitrogens with zero attached hydrogens (tertiary/aromatic N) is 2. The number of carbonyl (C=O) groups is 1. The van der Waals surface area contributed by atoms with Crippen LogP contribution in [0.4, 0.5) is 0 Å². The molecule has 1 atom stereocenters. The minimum absolute atomic E-state index is 0.00786. The highest BCUT2D eigenvalue weighted by molar-refractivity contribution is 8.00. The molecule has 1 fully saturated rings. The van der Waals surface area contributed by atoms with Crippen LogP contribution in [-0.2, 0) is 11.2 Å². The van der Waals surface area contributed by atoms with Crippen molar-refractivity contribution in [2.45, 2.75) is 35.8 Å². The molecule has 0 radical (unpaired) electrons. The maximum absolute atomic E-state index is 12.7. The van der Waals surface area contributed by atoms with Crippen LogP contribution in [-0.4, -0.2) is 22.1 Å². The van der Waals surface area contributed by atoms with E-state index in [0.29, 0.717) is 23.6 Å². The van der Waals surface area contributed by atoms with Crippen molar-refractivity contribution in [3.05, 3.63) is 77.7 Å². The molecule has 0 spiro atoms. The van der Waals surface area contributed by atoms with Gasteiger partial charge in [0.05, 0.1) is 6.42 Å². The predicted octanol–water partition coefficient (Wildman–Crippen LogP) is 3.77. The summed E-state index contributed by atoms with van der Waals surface area (Å²) in [4.78, 5) is 12.7. The fourth-order valence-corrected chi connectivity index (χ4v) is 3.54. The van der Waals surface area contributed by atoms with Crippen LogP contribution in [0, 0.1) is 0 Å². The molecule has 6 heteroatoms. The van der Waals surface area contributed by atoms with Crippen LogP contribution in [0.15, 0.2) is 70.3 Å². The average molecular weight is 365 g/mol. The van der Waals surface area contributed by atoms with Crippen molar-refractivity contribution in [1.82, 2.24) is 15.5 Å². The van der Waals surface area contributed by atoms with E-state index < -0.39 is 5.25 Å². The first kappa shape index (κ1) is 16.8. The van der Waals surface area contributed by atoms with Gasteiger partial charge in [-0.2, -0.15) is 0 Å². The lowest BCUT2D eigenvalue weighted by molar-refractivity contribution is -0.120. The third-order valence-corrected chi connectivity index (χ3v) is 5.22. The molecule has 1 aliphatic rings. The van der Waals surface area contributed by atoms with Crippen LogP contribution in [0.1, 0.15) is 35.1 Å². The van der Waals surface area contributed by atoms with Crippen LogP contribution in [0.2, 0.25) is 0 Å². The zero-order chi connectivity index (χ0) is 17.8. The van der Waals surface area contributed by atoms with E-state index in [1.54, 1.807) is 0 Å².